The summed E-state index contributed by atoms with van der Waals surface area (Å²) in [6.07, 6.45) is 0. The van der Waals surface area contributed by atoms with E-state index in [1.807, 2.05) is 18.9 Å². The smallest absolute Gasteiger partial charge is 0.225 e. The van der Waals surface area contributed by atoms with E-state index in [0.717, 1.165) is 0 Å². The predicted molar refractivity (Wildman–Crippen MR) is 76.2 cm³/mol. The number of aromatic nitrogens is 2. The molecule has 20 heavy (non-hydrogen) atoms. The van der Waals surface area contributed by atoms with E-state index in [1.165, 1.54) is 13.2 Å². The van der Waals surface area contributed by atoms with Crippen molar-refractivity contribution in [3.8, 4) is 5.88 Å². The molecule has 0 bridgehead atoms. The molecule has 0 spiro atoms. The van der Waals surface area contributed by atoms with Crippen molar-refractivity contribution in [3.05, 3.63) is 41.7 Å². The Hall–Kier alpha value is -2.37. The van der Waals surface area contributed by atoms with Gasteiger partial charge in [-0.1, -0.05) is 18.2 Å². The summed E-state index contributed by atoms with van der Waals surface area (Å²) >= 11 is 0. The first-order chi connectivity index (χ1) is 9.52. The van der Waals surface area contributed by atoms with Crippen molar-refractivity contribution in [2.75, 3.05) is 24.8 Å². The molecule has 0 aliphatic rings. The van der Waals surface area contributed by atoms with Gasteiger partial charge in [0, 0.05) is 18.7 Å². The van der Waals surface area contributed by atoms with E-state index < -0.39 is 0 Å². The van der Waals surface area contributed by atoms with E-state index in [9.17, 15) is 4.39 Å². The molecule has 0 radical (unpaired) electrons. The van der Waals surface area contributed by atoms with E-state index in [4.69, 9.17) is 10.5 Å². The van der Waals surface area contributed by atoms with Crippen LogP contribution in [-0.2, 0) is 0 Å². The Labute approximate surface area is 117 Å². The van der Waals surface area contributed by atoms with Crippen molar-refractivity contribution >= 4 is 11.8 Å². The summed E-state index contributed by atoms with van der Waals surface area (Å²) in [6.45, 7) is 1.89. The zero-order valence-electron chi connectivity index (χ0n) is 11.7. The summed E-state index contributed by atoms with van der Waals surface area (Å²) in [4.78, 5) is 9.89. The highest BCUT2D eigenvalue weighted by molar-refractivity contribution is 5.47. The maximum absolute atomic E-state index is 13.8. The van der Waals surface area contributed by atoms with Gasteiger partial charge in [0.05, 0.1) is 13.2 Å². The second-order valence-electron chi connectivity index (χ2n) is 4.44. The molecule has 0 saturated carbocycles. The lowest BCUT2D eigenvalue weighted by Gasteiger charge is -2.26. The highest BCUT2D eigenvalue weighted by Gasteiger charge is 2.18. The lowest BCUT2D eigenvalue weighted by molar-refractivity contribution is 0.397. The number of rotatable bonds is 4. The van der Waals surface area contributed by atoms with Gasteiger partial charge in [0.2, 0.25) is 11.8 Å². The number of nitrogen functional groups attached to an aromatic ring is 1. The zero-order chi connectivity index (χ0) is 14.7. The minimum absolute atomic E-state index is 0.118. The molecule has 2 N–H and O–H groups in total. The number of methoxy groups -OCH3 is 1. The molecule has 2 rings (SSSR count). The molecule has 106 valence electrons. The van der Waals surface area contributed by atoms with Crippen LogP contribution in [0.25, 0.3) is 0 Å². The van der Waals surface area contributed by atoms with Gasteiger partial charge in [-0.3, -0.25) is 0 Å². The van der Waals surface area contributed by atoms with Gasteiger partial charge in [0.15, 0.2) is 0 Å². The molecule has 0 fully saturated rings. The van der Waals surface area contributed by atoms with Gasteiger partial charge in [-0.2, -0.15) is 9.97 Å². The maximum atomic E-state index is 13.8. The summed E-state index contributed by atoms with van der Waals surface area (Å²) in [7, 11) is 3.32. The van der Waals surface area contributed by atoms with Gasteiger partial charge < -0.3 is 15.4 Å². The molecule has 2 aromatic rings. The van der Waals surface area contributed by atoms with Gasteiger partial charge in [-0.25, -0.2) is 4.39 Å². The highest BCUT2D eigenvalue weighted by atomic mass is 19.1. The summed E-state index contributed by atoms with van der Waals surface area (Å²) in [5.74, 6) is 0.818. The van der Waals surface area contributed by atoms with E-state index in [2.05, 4.69) is 9.97 Å². The van der Waals surface area contributed by atoms with Crippen LogP contribution >= 0.6 is 0 Å². The van der Waals surface area contributed by atoms with Gasteiger partial charge in [0.25, 0.3) is 0 Å². The predicted octanol–water partition coefficient (Wildman–Crippen LogP) is 2.40. The fourth-order valence-corrected chi connectivity index (χ4v) is 1.94. The highest BCUT2D eigenvalue weighted by Crippen LogP contribution is 2.27. The minimum Gasteiger partial charge on any atom is -0.481 e. The number of benzene rings is 1. The lowest BCUT2D eigenvalue weighted by atomic mass is 10.1. The average Bonchev–Trinajstić information content (AvgIpc) is 2.45. The van der Waals surface area contributed by atoms with E-state index >= 15 is 0 Å². The first kappa shape index (κ1) is 14.0. The van der Waals surface area contributed by atoms with Crippen LogP contribution in [-0.4, -0.2) is 24.1 Å². The zero-order valence-corrected chi connectivity index (χ0v) is 11.7. The molecule has 1 aromatic carbocycles. The largest absolute Gasteiger partial charge is 0.481 e. The number of nitrogens with zero attached hydrogens (tertiary/aromatic N) is 3. The third-order valence-corrected chi connectivity index (χ3v) is 3.21. The second kappa shape index (κ2) is 5.73. The van der Waals surface area contributed by atoms with E-state index in [-0.39, 0.29) is 17.8 Å². The summed E-state index contributed by atoms with van der Waals surface area (Å²) in [6, 6.07) is 8.12. The van der Waals surface area contributed by atoms with Crippen LogP contribution in [0.1, 0.15) is 18.5 Å². The molecular formula is C14H17FN4O. The van der Waals surface area contributed by atoms with Crippen molar-refractivity contribution in [2.24, 2.45) is 0 Å². The third-order valence-electron chi connectivity index (χ3n) is 3.21. The molecule has 0 amide bonds. The molecule has 1 heterocycles. The molecule has 0 aliphatic carbocycles. The summed E-state index contributed by atoms with van der Waals surface area (Å²) < 4.78 is 18.9. The first-order valence-electron chi connectivity index (χ1n) is 6.18. The van der Waals surface area contributed by atoms with Gasteiger partial charge in [0.1, 0.15) is 11.6 Å². The molecule has 6 heteroatoms. The van der Waals surface area contributed by atoms with Crippen LogP contribution in [0.3, 0.4) is 0 Å². The molecule has 5 nitrogen and oxygen atoms in total. The summed E-state index contributed by atoms with van der Waals surface area (Å²) in [5, 5.41) is 0. The van der Waals surface area contributed by atoms with Crippen molar-refractivity contribution < 1.29 is 9.13 Å². The average molecular weight is 276 g/mol. The Morgan fingerprint density at radius 2 is 2.00 bits per heavy atom. The van der Waals surface area contributed by atoms with Crippen LogP contribution in [0.2, 0.25) is 0 Å². The lowest BCUT2D eigenvalue weighted by Crippen LogP contribution is -2.24. The minimum atomic E-state index is -0.249. The first-order valence-corrected chi connectivity index (χ1v) is 6.18. The number of halogens is 1. The molecular weight excluding hydrogens is 259 g/mol. The van der Waals surface area contributed by atoms with Gasteiger partial charge >= 0.3 is 0 Å². The van der Waals surface area contributed by atoms with Crippen molar-refractivity contribution in [3.63, 3.8) is 0 Å². The van der Waals surface area contributed by atoms with Gasteiger partial charge in [-0.05, 0) is 13.0 Å². The van der Waals surface area contributed by atoms with Crippen LogP contribution in [0.4, 0.5) is 16.2 Å². The molecule has 1 atom stereocenters. The van der Waals surface area contributed by atoms with Gasteiger partial charge in [-0.15, -0.1) is 0 Å². The summed E-state index contributed by atoms with van der Waals surface area (Å²) in [5.41, 5.74) is 6.23. The van der Waals surface area contributed by atoms with Crippen LogP contribution in [0.15, 0.2) is 30.3 Å². The molecule has 0 saturated heterocycles. The fourth-order valence-electron chi connectivity index (χ4n) is 1.94. The Kier molecular flexibility index (Phi) is 4.02. The number of ether oxygens (including phenoxy) is 1. The quantitative estimate of drug-likeness (QED) is 0.929. The van der Waals surface area contributed by atoms with Crippen molar-refractivity contribution in [2.45, 2.75) is 13.0 Å². The van der Waals surface area contributed by atoms with Crippen molar-refractivity contribution in [1.29, 1.82) is 0 Å². The molecule has 1 unspecified atom stereocenters. The monoisotopic (exact) mass is 276 g/mol. The Bertz CT molecular complexity index is 605. The third kappa shape index (κ3) is 2.79. The van der Waals surface area contributed by atoms with E-state index in [0.29, 0.717) is 17.3 Å². The topological polar surface area (TPSA) is 64.3 Å². The Morgan fingerprint density at radius 1 is 1.30 bits per heavy atom. The SMILES string of the molecule is COc1cc(N(C)C(C)c2ccccc2F)nc(N)n1. The number of hydrogen-bond donors (Lipinski definition) is 1. The standard InChI is InChI=1S/C14H17FN4O/c1-9(10-6-4-5-7-11(10)15)19(2)12-8-13(20-3)18-14(16)17-12/h4-9H,1-3H3,(H2,16,17,18). The molecule has 0 aliphatic heterocycles. The second-order valence-corrected chi connectivity index (χ2v) is 4.44. The van der Waals surface area contributed by atoms with Crippen LogP contribution in [0, 0.1) is 5.82 Å². The van der Waals surface area contributed by atoms with Crippen LogP contribution in [0.5, 0.6) is 5.88 Å². The van der Waals surface area contributed by atoms with E-state index in [1.54, 1.807) is 24.3 Å². The van der Waals surface area contributed by atoms with Crippen LogP contribution < -0.4 is 15.4 Å². The number of anilines is 2. The Balaban J connectivity index is 2.33. The normalized spacial score (nSPS) is 12.0. The Morgan fingerprint density at radius 3 is 2.65 bits per heavy atom. The van der Waals surface area contributed by atoms with Crippen molar-refractivity contribution in [1.82, 2.24) is 9.97 Å². The fraction of sp³-hybridized carbons (Fsp3) is 0.286. The number of nitrogens with two attached hydrogens (primary N) is 1. The molecule has 1 aromatic heterocycles. The maximum Gasteiger partial charge on any atom is 0.225 e. The number of hydrogen-bond acceptors (Lipinski definition) is 5.